The lowest BCUT2D eigenvalue weighted by Gasteiger charge is -2.31. The maximum Gasteiger partial charge on any atom is 0.175 e. The largest absolute Gasteiger partial charge is 0.479 e. The third kappa shape index (κ3) is 3.37. The van der Waals surface area contributed by atoms with E-state index in [2.05, 4.69) is 0 Å². The number of ether oxygens (including phenoxy) is 1. The zero-order valence-corrected chi connectivity index (χ0v) is 13.7. The first kappa shape index (κ1) is 15.0. The molecule has 1 heterocycles. The standard InChI is InChI=1S/C19H21ClNO2/c20-17-6-3-5-15(10-17)19-13-21(22,11-14-8-9-14)12-16-4-1-2-7-18(16)23-19/h1-7,10,14,19,22H,8-9,11-13H2/q+1. The Hall–Kier alpha value is -1.55. The number of benzene rings is 2. The molecular formula is C19H21ClNO2+. The van der Waals surface area contributed by atoms with Gasteiger partial charge in [0.1, 0.15) is 18.8 Å². The van der Waals surface area contributed by atoms with Gasteiger partial charge in [0, 0.05) is 10.9 Å². The van der Waals surface area contributed by atoms with E-state index in [1.54, 1.807) is 0 Å². The Balaban J connectivity index is 1.71. The first-order valence-electron chi connectivity index (χ1n) is 8.20. The minimum Gasteiger partial charge on any atom is -0.479 e. The molecule has 2 aromatic rings. The fourth-order valence-electron chi connectivity index (χ4n) is 3.43. The van der Waals surface area contributed by atoms with Crippen LogP contribution in [-0.2, 0) is 6.54 Å². The number of fused-ring (bicyclic) bond motifs is 1. The molecule has 23 heavy (non-hydrogen) atoms. The second-order valence-electron chi connectivity index (χ2n) is 6.83. The first-order valence-corrected chi connectivity index (χ1v) is 8.58. The molecule has 2 aromatic carbocycles. The summed E-state index contributed by atoms with van der Waals surface area (Å²) < 4.78 is 6.30. The fraction of sp³-hybridized carbons (Fsp3) is 0.368. The predicted molar refractivity (Wildman–Crippen MR) is 89.5 cm³/mol. The van der Waals surface area contributed by atoms with E-state index in [9.17, 15) is 5.21 Å². The fourth-order valence-corrected chi connectivity index (χ4v) is 3.63. The lowest BCUT2D eigenvalue weighted by atomic mass is 10.1. The highest BCUT2D eigenvalue weighted by Crippen LogP contribution is 2.38. The second-order valence-corrected chi connectivity index (χ2v) is 7.27. The number of rotatable bonds is 3. The Morgan fingerprint density at radius 2 is 1.96 bits per heavy atom. The molecule has 1 aliphatic heterocycles. The van der Waals surface area contributed by atoms with Crippen LogP contribution in [0.4, 0.5) is 0 Å². The number of hydroxylamine groups is 3. The van der Waals surface area contributed by atoms with Crippen LogP contribution in [0.1, 0.15) is 30.1 Å². The Labute approximate surface area is 141 Å². The zero-order valence-electron chi connectivity index (χ0n) is 13.0. The molecule has 4 heteroatoms. The Morgan fingerprint density at radius 1 is 1.13 bits per heavy atom. The summed E-state index contributed by atoms with van der Waals surface area (Å²) in [5.74, 6) is 1.51. The van der Waals surface area contributed by atoms with Gasteiger partial charge in [-0.3, -0.25) is 0 Å². The average Bonchev–Trinajstić information content (AvgIpc) is 3.33. The molecule has 0 bridgehead atoms. The molecule has 1 saturated carbocycles. The van der Waals surface area contributed by atoms with Crippen LogP contribution in [0, 0.1) is 5.92 Å². The van der Waals surface area contributed by atoms with E-state index in [0.717, 1.165) is 23.4 Å². The van der Waals surface area contributed by atoms with E-state index in [-0.39, 0.29) is 10.8 Å². The summed E-state index contributed by atoms with van der Waals surface area (Å²) in [4.78, 5) is 0. The van der Waals surface area contributed by atoms with Crippen LogP contribution in [0.25, 0.3) is 0 Å². The van der Waals surface area contributed by atoms with Crippen molar-refractivity contribution in [3.05, 3.63) is 64.7 Å². The number of nitrogens with zero attached hydrogens (tertiary/aromatic N) is 1. The molecule has 2 atom stereocenters. The Kier molecular flexibility index (Phi) is 3.80. The van der Waals surface area contributed by atoms with Gasteiger partial charge in [0.2, 0.25) is 0 Å². The van der Waals surface area contributed by atoms with Crippen molar-refractivity contribution in [1.82, 2.24) is 0 Å². The first-order chi connectivity index (χ1) is 11.1. The lowest BCUT2D eigenvalue weighted by Crippen LogP contribution is -2.47. The van der Waals surface area contributed by atoms with Gasteiger partial charge in [0.15, 0.2) is 12.6 Å². The monoisotopic (exact) mass is 330 g/mol. The SMILES string of the molecule is O[N+]1(CC2CC2)Cc2ccccc2OC(c2cccc(Cl)c2)C1. The molecule has 2 unspecified atom stereocenters. The Morgan fingerprint density at radius 3 is 2.74 bits per heavy atom. The van der Waals surface area contributed by atoms with Gasteiger partial charge in [-0.1, -0.05) is 35.9 Å². The van der Waals surface area contributed by atoms with E-state index >= 15 is 0 Å². The predicted octanol–water partition coefficient (Wildman–Crippen LogP) is 4.59. The van der Waals surface area contributed by atoms with Crippen molar-refractivity contribution in [3.63, 3.8) is 0 Å². The number of quaternary nitrogens is 1. The molecule has 120 valence electrons. The van der Waals surface area contributed by atoms with Crippen LogP contribution < -0.4 is 4.74 Å². The molecule has 1 N–H and O–H groups in total. The number of para-hydroxylation sites is 1. The van der Waals surface area contributed by atoms with Gasteiger partial charge >= 0.3 is 0 Å². The Bertz CT molecular complexity index is 716. The van der Waals surface area contributed by atoms with Crippen molar-refractivity contribution >= 4 is 11.6 Å². The molecule has 3 nitrogen and oxygen atoms in total. The van der Waals surface area contributed by atoms with Gasteiger partial charge < -0.3 is 4.74 Å². The highest BCUT2D eigenvalue weighted by molar-refractivity contribution is 6.30. The number of halogens is 1. The van der Waals surface area contributed by atoms with Gasteiger partial charge in [-0.2, -0.15) is 4.65 Å². The molecule has 2 aliphatic rings. The van der Waals surface area contributed by atoms with Crippen LogP contribution in [0.3, 0.4) is 0 Å². The van der Waals surface area contributed by atoms with Crippen LogP contribution in [0.5, 0.6) is 5.75 Å². The average molecular weight is 331 g/mol. The van der Waals surface area contributed by atoms with Crippen LogP contribution in [0.15, 0.2) is 48.5 Å². The molecule has 0 radical (unpaired) electrons. The van der Waals surface area contributed by atoms with Crippen molar-refractivity contribution < 1.29 is 14.6 Å². The summed E-state index contributed by atoms with van der Waals surface area (Å²) in [6, 6.07) is 15.8. The van der Waals surface area contributed by atoms with Crippen molar-refractivity contribution in [2.45, 2.75) is 25.5 Å². The third-order valence-corrected chi connectivity index (χ3v) is 4.96. The highest BCUT2D eigenvalue weighted by Gasteiger charge is 2.41. The third-order valence-electron chi connectivity index (χ3n) is 4.73. The van der Waals surface area contributed by atoms with Crippen LogP contribution in [-0.4, -0.2) is 22.9 Å². The van der Waals surface area contributed by atoms with E-state index < -0.39 is 0 Å². The minimum absolute atomic E-state index is 0.0405. The van der Waals surface area contributed by atoms with Crippen molar-refractivity contribution in [2.24, 2.45) is 5.92 Å². The van der Waals surface area contributed by atoms with Gasteiger partial charge in [-0.15, -0.1) is 0 Å². The number of hydrogen-bond acceptors (Lipinski definition) is 2. The van der Waals surface area contributed by atoms with Gasteiger partial charge in [0.25, 0.3) is 0 Å². The quantitative estimate of drug-likeness (QED) is 0.834. The molecule has 4 rings (SSSR count). The van der Waals surface area contributed by atoms with Crippen LogP contribution >= 0.6 is 11.6 Å². The minimum atomic E-state index is -0.193. The smallest absolute Gasteiger partial charge is 0.175 e. The molecular weight excluding hydrogens is 310 g/mol. The maximum atomic E-state index is 11.2. The molecule has 0 aromatic heterocycles. The summed E-state index contributed by atoms with van der Waals surface area (Å²) in [6.45, 7) is 1.95. The second kappa shape index (κ2) is 5.82. The van der Waals surface area contributed by atoms with E-state index in [1.165, 1.54) is 12.8 Å². The van der Waals surface area contributed by atoms with Crippen molar-refractivity contribution in [2.75, 3.05) is 13.1 Å². The molecule has 1 aliphatic carbocycles. The van der Waals surface area contributed by atoms with E-state index in [4.69, 9.17) is 16.3 Å². The summed E-state index contributed by atoms with van der Waals surface area (Å²) in [7, 11) is 0. The normalized spacial score (nSPS) is 27.0. The summed E-state index contributed by atoms with van der Waals surface area (Å²) >= 11 is 6.15. The number of hydrogen-bond donors (Lipinski definition) is 1. The van der Waals surface area contributed by atoms with Gasteiger partial charge in [-0.25, -0.2) is 5.21 Å². The topological polar surface area (TPSA) is 29.5 Å². The lowest BCUT2D eigenvalue weighted by molar-refractivity contribution is -1.11. The molecule has 0 saturated heterocycles. The van der Waals surface area contributed by atoms with Crippen molar-refractivity contribution in [1.29, 1.82) is 0 Å². The van der Waals surface area contributed by atoms with Crippen molar-refractivity contribution in [3.8, 4) is 5.75 Å². The maximum absolute atomic E-state index is 11.2. The molecule has 1 fully saturated rings. The summed E-state index contributed by atoms with van der Waals surface area (Å²) in [5, 5.41) is 11.9. The highest BCUT2D eigenvalue weighted by atomic mass is 35.5. The van der Waals surface area contributed by atoms with Gasteiger partial charge in [0.05, 0.1) is 5.56 Å². The summed E-state index contributed by atoms with van der Waals surface area (Å²) in [5.41, 5.74) is 2.08. The summed E-state index contributed by atoms with van der Waals surface area (Å²) in [6.07, 6.45) is 2.26. The molecule has 0 amide bonds. The zero-order chi connectivity index (χ0) is 15.9. The van der Waals surface area contributed by atoms with E-state index in [1.807, 2.05) is 48.5 Å². The van der Waals surface area contributed by atoms with E-state index in [0.29, 0.717) is 24.0 Å². The molecule has 0 spiro atoms. The van der Waals surface area contributed by atoms with Crippen LogP contribution in [0.2, 0.25) is 5.02 Å². The van der Waals surface area contributed by atoms with Gasteiger partial charge in [-0.05, 0) is 42.7 Å².